The Bertz CT molecular complexity index is 554. The monoisotopic (exact) mass is 273 g/mol. The van der Waals surface area contributed by atoms with E-state index >= 15 is 0 Å². The molecule has 3 N–H and O–H groups in total. The van der Waals surface area contributed by atoms with Crippen LogP contribution in [-0.4, -0.2) is 24.7 Å². The molecule has 1 heterocycles. The topological polar surface area (TPSA) is 60.2 Å². The van der Waals surface area contributed by atoms with E-state index in [-0.39, 0.29) is 0 Å². The van der Waals surface area contributed by atoms with Crippen molar-refractivity contribution < 1.29 is 4.74 Å². The van der Waals surface area contributed by atoms with Crippen molar-refractivity contribution in [3.63, 3.8) is 0 Å². The lowest BCUT2D eigenvalue weighted by Gasteiger charge is -2.11. The minimum atomic E-state index is 0.593. The Morgan fingerprint density at radius 3 is 2.95 bits per heavy atom. The SMILES string of the molecule is CC(C)COCCCNc1ccnc2c(N)cccc12. The Kier molecular flexibility index (Phi) is 5.18. The Morgan fingerprint density at radius 2 is 2.15 bits per heavy atom. The second kappa shape index (κ2) is 7.10. The molecule has 0 fully saturated rings. The molecule has 0 amide bonds. The zero-order valence-corrected chi connectivity index (χ0v) is 12.2. The molecule has 0 aliphatic carbocycles. The summed E-state index contributed by atoms with van der Waals surface area (Å²) in [5.41, 5.74) is 8.58. The molecule has 4 nitrogen and oxygen atoms in total. The van der Waals surface area contributed by atoms with E-state index in [1.807, 2.05) is 24.3 Å². The summed E-state index contributed by atoms with van der Waals surface area (Å²) in [6, 6.07) is 7.85. The minimum Gasteiger partial charge on any atom is -0.397 e. The summed E-state index contributed by atoms with van der Waals surface area (Å²) in [6.07, 6.45) is 2.77. The fourth-order valence-corrected chi connectivity index (χ4v) is 2.07. The van der Waals surface area contributed by atoms with Gasteiger partial charge in [-0.2, -0.15) is 0 Å². The first-order chi connectivity index (χ1) is 9.68. The Labute approximate surface area is 120 Å². The van der Waals surface area contributed by atoms with E-state index in [1.165, 1.54) is 0 Å². The third-order valence-corrected chi connectivity index (χ3v) is 3.03. The van der Waals surface area contributed by atoms with Gasteiger partial charge in [0, 0.05) is 37.0 Å². The van der Waals surface area contributed by atoms with Crippen LogP contribution in [0.2, 0.25) is 0 Å². The maximum absolute atomic E-state index is 5.94. The summed E-state index contributed by atoms with van der Waals surface area (Å²) >= 11 is 0. The van der Waals surface area contributed by atoms with Crippen LogP contribution in [0.1, 0.15) is 20.3 Å². The van der Waals surface area contributed by atoms with Crippen LogP contribution in [-0.2, 0) is 4.74 Å². The van der Waals surface area contributed by atoms with Gasteiger partial charge in [0.25, 0.3) is 0 Å². The molecular formula is C16H23N3O. The van der Waals surface area contributed by atoms with E-state index in [1.54, 1.807) is 6.20 Å². The maximum atomic E-state index is 5.94. The van der Waals surface area contributed by atoms with Crippen molar-refractivity contribution in [2.24, 2.45) is 5.92 Å². The van der Waals surface area contributed by atoms with E-state index in [9.17, 15) is 0 Å². The van der Waals surface area contributed by atoms with Gasteiger partial charge in [-0.05, 0) is 24.5 Å². The molecule has 1 aromatic carbocycles. The Hall–Kier alpha value is -1.81. The van der Waals surface area contributed by atoms with Crippen molar-refractivity contribution in [3.05, 3.63) is 30.5 Å². The molecule has 0 spiro atoms. The van der Waals surface area contributed by atoms with Crippen molar-refractivity contribution in [3.8, 4) is 0 Å². The number of anilines is 2. The minimum absolute atomic E-state index is 0.593. The summed E-state index contributed by atoms with van der Waals surface area (Å²) in [5.74, 6) is 0.593. The van der Waals surface area contributed by atoms with Gasteiger partial charge in [0.2, 0.25) is 0 Å². The van der Waals surface area contributed by atoms with Crippen LogP contribution in [0, 0.1) is 5.92 Å². The van der Waals surface area contributed by atoms with E-state index < -0.39 is 0 Å². The number of hydrogen-bond donors (Lipinski definition) is 2. The standard InChI is InChI=1S/C16H23N3O/c1-12(2)11-20-10-4-8-18-15-7-9-19-16-13(15)5-3-6-14(16)17/h3,5-7,9,12H,4,8,10-11,17H2,1-2H3,(H,18,19). The molecule has 0 saturated heterocycles. The Balaban J connectivity index is 1.89. The number of nitrogens with one attached hydrogen (secondary N) is 1. The number of benzene rings is 1. The summed E-state index contributed by atoms with van der Waals surface area (Å²) in [4.78, 5) is 4.33. The number of nitrogen functional groups attached to an aromatic ring is 1. The van der Waals surface area contributed by atoms with Crippen molar-refractivity contribution in [2.75, 3.05) is 30.8 Å². The maximum Gasteiger partial charge on any atom is 0.0951 e. The van der Waals surface area contributed by atoms with Crippen LogP contribution < -0.4 is 11.1 Å². The molecule has 0 radical (unpaired) electrons. The number of hydrogen-bond acceptors (Lipinski definition) is 4. The lowest BCUT2D eigenvalue weighted by atomic mass is 10.1. The average molecular weight is 273 g/mol. The van der Waals surface area contributed by atoms with E-state index in [0.29, 0.717) is 11.6 Å². The van der Waals surface area contributed by atoms with Crippen LogP contribution in [0.4, 0.5) is 11.4 Å². The van der Waals surface area contributed by atoms with Crippen LogP contribution in [0.15, 0.2) is 30.5 Å². The van der Waals surface area contributed by atoms with Crippen molar-refractivity contribution in [2.45, 2.75) is 20.3 Å². The number of pyridine rings is 1. The second-order valence-corrected chi connectivity index (χ2v) is 5.35. The molecule has 108 valence electrons. The van der Waals surface area contributed by atoms with Crippen molar-refractivity contribution in [1.82, 2.24) is 4.98 Å². The smallest absolute Gasteiger partial charge is 0.0951 e. The molecule has 0 atom stereocenters. The largest absolute Gasteiger partial charge is 0.397 e. The van der Waals surface area contributed by atoms with Gasteiger partial charge in [0.1, 0.15) is 0 Å². The number of ether oxygens (including phenoxy) is 1. The van der Waals surface area contributed by atoms with Gasteiger partial charge in [-0.15, -0.1) is 0 Å². The van der Waals surface area contributed by atoms with Gasteiger partial charge in [0.05, 0.1) is 11.2 Å². The average Bonchev–Trinajstić information content (AvgIpc) is 2.43. The fraction of sp³-hybridized carbons (Fsp3) is 0.438. The van der Waals surface area contributed by atoms with Gasteiger partial charge in [-0.25, -0.2) is 0 Å². The van der Waals surface area contributed by atoms with Crippen LogP contribution in [0.3, 0.4) is 0 Å². The molecule has 1 aromatic heterocycles. The highest BCUT2D eigenvalue weighted by Crippen LogP contribution is 2.25. The molecule has 0 aliphatic heterocycles. The third-order valence-electron chi connectivity index (χ3n) is 3.03. The lowest BCUT2D eigenvalue weighted by molar-refractivity contribution is 0.110. The predicted octanol–water partition coefficient (Wildman–Crippen LogP) is 3.29. The third kappa shape index (κ3) is 3.84. The number of fused-ring (bicyclic) bond motifs is 1. The number of rotatable bonds is 7. The summed E-state index contributed by atoms with van der Waals surface area (Å²) in [6.45, 7) is 6.81. The number of nitrogens with zero attached hydrogens (tertiary/aromatic N) is 1. The number of nitrogens with two attached hydrogens (primary N) is 1. The summed E-state index contributed by atoms with van der Waals surface area (Å²) in [5, 5.41) is 4.49. The van der Waals surface area contributed by atoms with Gasteiger partial charge >= 0.3 is 0 Å². The molecule has 4 heteroatoms. The number of para-hydroxylation sites is 1. The molecule has 20 heavy (non-hydrogen) atoms. The van der Waals surface area contributed by atoms with Crippen LogP contribution in [0.5, 0.6) is 0 Å². The lowest BCUT2D eigenvalue weighted by Crippen LogP contribution is -2.08. The summed E-state index contributed by atoms with van der Waals surface area (Å²) in [7, 11) is 0. The van der Waals surface area contributed by atoms with Gasteiger partial charge in [0.15, 0.2) is 0 Å². The highest BCUT2D eigenvalue weighted by atomic mass is 16.5. The first-order valence-corrected chi connectivity index (χ1v) is 7.13. The summed E-state index contributed by atoms with van der Waals surface area (Å²) < 4.78 is 5.57. The van der Waals surface area contributed by atoms with E-state index in [2.05, 4.69) is 24.1 Å². The molecule has 0 saturated carbocycles. The second-order valence-electron chi connectivity index (χ2n) is 5.35. The van der Waals surface area contributed by atoms with Crippen LogP contribution in [0.25, 0.3) is 10.9 Å². The first kappa shape index (κ1) is 14.6. The number of aromatic nitrogens is 1. The van der Waals surface area contributed by atoms with E-state index in [0.717, 1.165) is 42.8 Å². The van der Waals surface area contributed by atoms with Gasteiger partial charge < -0.3 is 15.8 Å². The Morgan fingerprint density at radius 1 is 1.30 bits per heavy atom. The van der Waals surface area contributed by atoms with Crippen molar-refractivity contribution >= 4 is 22.3 Å². The molecule has 0 bridgehead atoms. The predicted molar refractivity (Wildman–Crippen MR) is 84.9 cm³/mol. The highest BCUT2D eigenvalue weighted by molar-refractivity contribution is 5.97. The molecule has 0 aliphatic rings. The zero-order chi connectivity index (χ0) is 14.4. The zero-order valence-electron chi connectivity index (χ0n) is 12.2. The highest BCUT2D eigenvalue weighted by Gasteiger charge is 2.03. The normalized spacial score (nSPS) is 11.2. The van der Waals surface area contributed by atoms with E-state index in [4.69, 9.17) is 10.5 Å². The van der Waals surface area contributed by atoms with Crippen LogP contribution >= 0.6 is 0 Å². The molecular weight excluding hydrogens is 250 g/mol. The molecule has 2 aromatic rings. The first-order valence-electron chi connectivity index (χ1n) is 7.13. The quantitative estimate of drug-likeness (QED) is 0.600. The van der Waals surface area contributed by atoms with Gasteiger partial charge in [-0.3, -0.25) is 4.98 Å². The molecule has 2 rings (SSSR count). The fourth-order valence-electron chi connectivity index (χ4n) is 2.07. The molecule has 0 unspecified atom stereocenters. The van der Waals surface area contributed by atoms with Gasteiger partial charge in [-0.1, -0.05) is 26.0 Å². The van der Waals surface area contributed by atoms with Crippen molar-refractivity contribution in [1.29, 1.82) is 0 Å².